The van der Waals surface area contributed by atoms with Gasteiger partial charge in [0.1, 0.15) is 0 Å². The van der Waals surface area contributed by atoms with Gasteiger partial charge in [0, 0.05) is 13.2 Å². The summed E-state index contributed by atoms with van der Waals surface area (Å²) in [5, 5.41) is 3.31. The average Bonchev–Trinajstić information content (AvgIpc) is 2.21. The lowest BCUT2D eigenvalue weighted by atomic mass is 10.2. The van der Waals surface area contributed by atoms with Gasteiger partial charge in [0.15, 0.2) is 0 Å². The smallest absolute Gasteiger partial charge is 0.0590 e. The molecule has 0 rings (SSSR count). The number of hydrogen-bond donors (Lipinski definition) is 1. The van der Waals surface area contributed by atoms with Crippen LogP contribution in [0.5, 0.6) is 0 Å². The number of nitrogens with one attached hydrogen (secondary N) is 1. The van der Waals surface area contributed by atoms with Crippen LogP contribution >= 0.6 is 0 Å². The Kier molecular flexibility index (Phi) is 12.4. The van der Waals surface area contributed by atoms with Crippen molar-refractivity contribution in [2.75, 3.05) is 26.3 Å². The summed E-state index contributed by atoms with van der Waals surface area (Å²) in [7, 11) is 0. The second-order valence-electron chi connectivity index (χ2n) is 3.50. The molecule has 0 amide bonds. The molecule has 0 radical (unpaired) electrons. The molecule has 0 aromatic carbocycles. The third-order valence-corrected chi connectivity index (χ3v) is 2.05. The van der Waals surface area contributed by atoms with Crippen molar-refractivity contribution in [3.63, 3.8) is 0 Å². The van der Waals surface area contributed by atoms with Crippen molar-refractivity contribution in [2.45, 2.75) is 39.0 Å². The number of allylic oxidation sites excluding steroid dienone is 1. The van der Waals surface area contributed by atoms with Gasteiger partial charge in [-0.3, -0.25) is 0 Å². The van der Waals surface area contributed by atoms with Gasteiger partial charge in [-0.25, -0.2) is 0 Å². The zero-order chi connectivity index (χ0) is 10.5. The maximum Gasteiger partial charge on any atom is 0.0590 e. The minimum absolute atomic E-state index is 0.849. The predicted molar refractivity (Wildman–Crippen MR) is 62.6 cm³/mol. The van der Waals surface area contributed by atoms with Crippen molar-refractivity contribution in [2.24, 2.45) is 0 Å². The SMILES string of the molecule is C=CCCCCCOCCNCCC. The van der Waals surface area contributed by atoms with Gasteiger partial charge in [-0.1, -0.05) is 19.4 Å². The van der Waals surface area contributed by atoms with Gasteiger partial charge in [-0.05, 0) is 32.2 Å². The molecule has 0 aromatic rings. The molecular formula is C12H25NO. The van der Waals surface area contributed by atoms with E-state index < -0.39 is 0 Å². The van der Waals surface area contributed by atoms with Crippen LogP contribution in [0.25, 0.3) is 0 Å². The Bertz CT molecular complexity index is 115. The lowest BCUT2D eigenvalue weighted by Crippen LogP contribution is -2.20. The van der Waals surface area contributed by atoms with E-state index in [9.17, 15) is 0 Å². The second kappa shape index (κ2) is 12.7. The summed E-state index contributed by atoms with van der Waals surface area (Å²) in [4.78, 5) is 0. The van der Waals surface area contributed by atoms with E-state index in [2.05, 4.69) is 18.8 Å². The van der Waals surface area contributed by atoms with Crippen LogP contribution in [-0.2, 0) is 4.74 Å². The molecule has 0 unspecified atom stereocenters. The van der Waals surface area contributed by atoms with E-state index in [1.807, 2.05) is 6.08 Å². The summed E-state index contributed by atoms with van der Waals surface area (Å²) in [6.45, 7) is 9.71. The largest absolute Gasteiger partial charge is 0.380 e. The molecule has 0 heterocycles. The lowest BCUT2D eigenvalue weighted by Gasteiger charge is -2.04. The predicted octanol–water partition coefficient (Wildman–Crippen LogP) is 2.75. The van der Waals surface area contributed by atoms with Gasteiger partial charge in [0.05, 0.1) is 6.61 Å². The molecule has 1 N–H and O–H groups in total. The molecule has 0 saturated carbocycles. The maximum atomic E-state index is 5.47. The van der Waals surface area contributed by atoms with E-state index in [0.29, 0.717) is 0 Å². The molecule has 0 aliphatic rings. The standard InChI is InChI=1S/C12H25NO/c1-3-5-6-7-8-11-14-12-10-13-9-4-2/h3,13H,1,4-12H2,2H3. The number of hydrogen-bond acceptors (Lipinski definition) is 2. The normalized spacial score (nSPS) is 10.4. The quantitative estimate of drug-likeness (QED) is 0.408. The van der Waals surface area contributed by atoms with E-state index in [1.165, 1.54) is 25.7 Å². The molecule has 0 aromatic heterocycles. The fourth-order valence-electron chi connectivity index (χ4n) is 1.22. The highest BCUT2D eigenvalue weighted by molar-refractivity contribution is 4.65. The van der Waals surface area contributed by atoms with Crippen molar-refractivity contribution in [1.29, 1.82) is 0 Å². The molecule has 0 spiro atoms. The van der Waals surface area contributed by atoms with E-state index in [4.69, 9.17) is 4.74 Å². The van der Waals surface area contributed by atoms with Gasteiger partial charge in [0.2, 0.25) is 0 Å². The Balaban J connectivity index is 2.81. The van der Waals surface area contributed by atoms with Gasteiger partial charge in [-0.15, -0.1) is 6.58 Å². The van der Waals surface area contributed by atoms with Crippen molar-refractivity contribution < 1.29 is 4.74 Å². The van der Waals surface area contributed by atoms with E-state index >= 15 is 0 Å². The fraction of sp³-hybridized carbons (Fsp3) is 0.833. The van der Waals surface area contributed by atoms with Gasteiger partial charge >= 0.3 is 0 Å². The first kappa shape index (κ1) is 13.7. The number of ether oxygens (including phenoxy) is 1. The van der Waals surface area contributed by atoms with Crippen LogP contribution in [0, 0.1) is 0 Å². The van der Waals surface area contributed by atoms with Crippen molar-refractivity contribution in [3.05, 3.63) is 12.7 Å². The first-order chi connectivity index (χ1) is 6.91. The zero-order valence-corrected chi connectivity index (χ0v) is 9.56. The van der Waals surface area contributed by atoms with E-state index in [-0.39, 0.29) is 0 Å². The van der Waals surface area contributed by atoms with Crippen molar-refractivity contribution >= 4 is 0 Å². The highest BCUT2D eigenvalue weighted by Crippen LogP contribution is 1.99. The summed E-state index contributed by atoms with van der Waals surface area (Å²) in [6.07, 6.45) is 8.01. The molecule has 0 atom stereocenters. The summed E-state index contributed by atoms with van der Waals surface area (Å²) in [6, 6.07) is 0. The molecule has 0 saturated heterocycles. The second-order valence-corrected chi connectivity index (χ2v) is 3.50. The van der Waals surface area contributed by atoms with Crippen LogP contribution in [0.2, 0.25) is 0 Å². The topological polar surface area (TPSA) is 21.3 Å². The molecule has 2 heteroatoms. The summed E-state index contributed by atoms with van der Waals surface area (Å²) >= 11 is 0. The third kappa shape index (κ3) is 11.7. The highest BCUT2D eigenvalue weighted by Gasteiger charge is 1.89. The molecule has 14 heavy (non-hydrogen) atoms. The Morgan fingerprint density at radius 2 is 2.00 bits per heavy atom. The minimum Gasteiger partial charge on any atom is -0.380 e. The van der Waals surface area contributed by atoms with Crippen LogP contribution in [0.4, 0.5) is 0 Å². The van der Waals surface area contributed by atoms with Gasteiger partial charge in [0.25, 0.3) is 0 Å². The molecule has 0 aliphatic heterocycles. The average molecular weight is 199 g/mol. The summed E-state index contributed by atoms with van der Waals surface area (Å²) < 4.78 is 5.47. The summed E-state index contributed by atoms with van der Waals surface area (Å²) in [5.74, 6) is 0. The first-order valence-corrected chi connectivity index (χ1v) is 5.81. The van der Waals surface area contributed by atoms with Crippen LogP contribution in [0.15, 0.2) is 12.7 Å². The van der Waals surface area contributed by atoms with Crippen molar-refractivity contribution in [1.82, 2.24) is 5.32 Å². The highest BCUT2D eigenvalue weighted by atomic mass is 16.5. The van der Waals surface area contributed by atoms with Gasteiger partial charge in [-0.2, -0.15) is 0 Å². The molecular weight excluding hydrogens is 174 g/mol. The Morgan fingerprint density at radius 1 is 1.14 bits per heavy atom. The van der Waals surface area contributed by atoms with Crippen LogP contribution in [-0.4, -0.2) is 26.3 Å². The molecule has 0 bridgehead atoms. The molecule has 2 nitrogen and oxygen atoms in total. The first-order valence-electron chi connectivity index (χ1n) is 5.81. The maximum absolute atomic E-state index is 5.47. The van der Waals surface area contributed by atoms with E-state index in [0.717, 1.165) is 32.7 Å². The van der Waals surface area contributed by atoms with Crippen LogP contribution in [0.1, 0.15) is 39.0 Å². The monoisotopic (exact) mass is 199 g/mol. The number of rotatable bonds is 11. The van der Waals surface area contributed by atoms with Crippen LogP contribution in [0.3, 0.4) is 0 Å². The molecule has 84 valence electrons. The zero-order valence-electron chi connectivity index (χ0n) is 9.56. The van der Waals surface area contributed by atoms with Gasteiger partial charge < -0.3 is 10.1 Å². The van der Waals surface area contributed by atoms with Crippen molar-refractivity contribution in [3.8, 4) is 0 Å². The Labute approximate surface area is 88.7 Å². The third-order valence-electron chi connectivity index (χ3n) is 2.05. The summed E-state index contributed by atoms with van der Waals surface area (Å²) in [5.41, 5.74) is 0. The molecule has 0 aliphatic carbocycles. The Hall–Kier alpha value is -0.340. The lowest BCUT2D eigenvalue weighted by molar-refractivity contribution is 0.132. The molecule has 0 fully saturated rings. The Morgan fingerprint density at radius 3 is 2.71 bits per heavy atom. The number of unbranched alkanes of at least 4 members (excludes halogenated alkanes) is 3. The van der Waals surface area contributed by atoms with Crippen LogP contribution < -0.4 is 5.32 Å². The van der Waals surface area contributed by atoms with E-state index in [1.54, 1.807) is 0 Å². The minimum atomic E-state index is 0.849. The fourth-order valence-corrected chi connectivity index (χ4v) is 1.22.